The Morgan fingerprint density at radius 1 is 1.21 bits per heavy atom. The number of carbonyl (C=O) groups is 1. The minimum absolute atomic E-state index is 0.0595. The molecule has 0 bridgehead atoms. The summed E-state index contributed by atoms with van der Waals surface area (Å²) in [6.07, 6.45) is 6.53. The van der Waals surface area contributed by atoms with Gasteiger partial charge in [-0.25, -0.2) is 0 Å². The number of aromatic nitrogens is 2. The highest BCUT2D eigenvalue weighted by molar-refractivity contribution is 5.92. The zero-order valence-electron chi connectivity index (χ0n) is 13.9. The molecular formula is C19H22N4O. The van der Waals surface area contributed by atoms with Gasteiger partial charge in [0.1, 0.15) is 5.69 Å². The van der Waals surface area contributed by atoms with Crippen LogP contribution in [0.1, 0.15) is 28.0 Å². The second kappa shape index (κ2) is 6.32. The second-order valence-corrected chi connectivity index (χ2v) is 6.87. The van der Waals surface area contributed by atoms with Crippen LogP contribution in [0, 0.1) is 12.8 Å². The SMILES string of the molecule is Cc1ccc(C(=O)N2CC[C@@H]3CN(Cc4ccncc4)[C@@H]3C2)nc1. The predicted molar refractivity (Wildman–Crippen MR) is 91.4 cm³/mol. The molecule has 4 rings (SSSR count). The van der Waals surface area contributed by atoms with Crippen molar-refractivity contribution in [2.75, 3.05) is 19.6 Å². The Labute approximate surface area is 142 Å². The van der Waals surface area contributed by atoms with E-state index in [9.17, 15) is 4.79 Å². The van der Waals surface area contributed by atoms with Crippen molar-refractivity contribution in [3.05, 3.63) is 59.7 Å². The van der Waals surface area contributed by atoms with Crippen LogP contribution in [-0.2, 0) is 6.54 Å². The maximum Gasteiger partial charge on any atom is 0.272 e. The van der Waals surface area contributed by atoms with E-state index >= 15 is 0 Å². The Morgan fingerprint density at radius 3 is 2.79 bits per heavy atom. The number of hydrogen-bond acceptors (Lipinski definition) is 4. The molecule has 0 aliphatic carbocycles. The van der Waals surface area contributed by atoms with Gasteiger partial charge in [0.25, 0.3) is 5.91 Å². The van der Waals surface area contributed by atoms with Crippen molar-refractivity contribution in [2.24, 2.45) is 5.92 Å². The fourth-order valence-corrected chi connectivity index (χ4v) is 3.75. The predicted octanol–water partition coefficient (Wildman–Crippen LogP) is 2.13. The lowest BCUT2D eigenvalue weighted by atomic mass is 9.82. The molecule has 0 unspecified atom stereocenters. The molecule has 2 aromatic heterocycles. The van der Waals surface area contributed by atoms with Gasteiger partial charge in [0.05, 0.1) is 0 Å². The van der Waals surface area contributed by atoms with Crippen molar-refractivity contribution in [2.45, 2.75) is 25.9 Å². The van der Waals surface area contributed by atoms with Crippen molar-refractivity contribution >= 4 is 5.91 Å². The first-order chi connectivity index (χ1) is 11.7. The summed E-state index contributed by atoms with van der Waals surface area (Å²) in [7, 11) is 0. The van der Waals surface area contributed by atoms with E-state index in [2.05, 4.69) is 27.0 Å². The molecule has 0 aromatic carbocycles. The molecule has 124 valence electrons. The zero-order valence-corrected chi connectivity index (χ0v) is 13.9. The largest absolute Gasteiger partial charge is 0.336 e. The van der Waals surface area contributed by atoms with Crippen molar-refractivity contribution in [1.29, 1.82) is 0 Å². The fraction of sp³-hybridized carbons (Fsp3) is 0.421. The van der Waals surface area contributed by atoms with Gasteiger partial charge in [-0.15, -0.1) is 0 Å². The number of nitrogens with zero attached hydrogens (tertiary/aromatic N) is 4. The zero-order chi connectivity index (χ0) is 16.5. The topological polar surface area (TPSA) is 49.3 Å². The van der Waals surface area contributed by atoms with Crippen LogP contribution >= 0.6 is 0 Å². The van der Waals surface area contributed by atoms with Gasteiger partial charge < -0.3 is 4.90 Å². The lowest BCUT2D eigenvalue weighted by Gasteiger charge is -2.53. The summed E-state index contributed by atoms with van der Waals surface area (Å²) in [5.74, 6) is 0.783. The molecule has 2 aliphatic heterocycles. The number of hydrogen-bond donors (Lipinski definition) is 0. The molecule has 24 heavy (non-hydrogen) atoms. The van der Waals surface area contributed by atoms with Crippen LogP contribution in [0.15, 0.2) is 42.9 Å². The number of piperidine rings is 1. The van der Waals surface area contributed by atoms with Crippen molar-refractivity contribution < 1.29 is 4.79 Å². The molecule has 2 aliphatic rings. The molecule has 0 radical (unpaired) electrons. The molecule has 5 nitrogen and oxygen atoms in total. The van der Waals surface area contributed by atoms with E-state index in [1.807, 2.05) is 36.4 Å². The van der Waals surface area contributed by atoms with Gasteiger partial charge in [-0.3, -0.25) is 19.7 Å². The molecular weight excluding hydrogens is 300 g/mol. The van der Waals surface area contributed by atoms with Crippen molar-refractivity contribution in [3.63, 3.8) is 0 Å². The van der Waals surface area contributed by atoms with Crippen molar-refractivity contribution in [1.82, 2.24) is 19.8 Å². The number of aryl methyl sites for hydroxylation is 1. The van der Waals surface area contributed by atoms with Gasteiger partial charge in [-0.1, -0.05) is 6.07 Å². The number of amides is 1. The molecule has 0 spiro atoms. The Hall–Kier alpha value is -2.27. The average Bonchev–Trinajstić information content (AvgIpc) is 2.61. The standard InChI is InChI=1S/C19H22N4O/c1-14-2-3-17(21-10-14)19(24)22-9-6-16-12-23(18(16)13-22)11-15-4-7-20-8-5-15/h2-5,7-8,10,16,18H,6,9,11-13H2,1H3/t16-,18-/m1/s1. The van der Waals surface area contributed by atoms with E-state index in [-0.39, 0.29) is 5.91 Å². The molecule has 2 fully saturated rings. The maximum absolute atomic E-state index is 12.7. The fourth-order valence-electron chi connectivity index (χ4n) is 3.75. The summed E-state index contributed by atoms with van der Waals surface area (Å²) in [4.78, 5) is 25.5. The van der Waals surface area contributed by atoms with Crippen molar-refractivity contribution in [3.8, 4) is 0 Å². The molecule has 2 atom stereocenters. The smallest absolute Gasteiger partial charge is 0.272 e. The van der Waals surface area contributed by atoms with Gasteiger partial charge in [0.2, 0.25) is 0 Å². The molecule has 1 amide bonds. The van der Waals surface area contributed by atoms with Crippen LogP contribution in [0.3, 0.4) is 0 Å². The minimum Gasteiger partial charge on any atom is -0.336 e. The van der Waals surface area contributed by atoms with Gasteiger partial charge in [-0.05, 0) is 48.6 Å². The number of pyridine rings is 2. The van der Waals surface area contributed by atoms with Gasteiger partial charge in [0.15, 0.2) is 0 Å². The third-order valence-corrected chi connectivity index (χ3v) is 5.21. The van der Waals surface area contributed by atoms with Crippen LogP contribution in [0.4, 0.5) is 0 Å². The highest BCUT2D eigenvalue weighted by atomic mass is 16.2. The van der Waals surface area contributed by atoms with E-state index in [4.69, 9.17) is 0 Å². The van der Waals surface area contributed by atoms with Crippen LogP contribution in [0.5, 0.6) is 0 Å². The molecule has 2 aromatic rings. The van der Waals surface area contributed by atoms with E-state index < -0.39 is 0 Å². The number of carbonyl (C=O) groups excluding carboxylic acids is 1. The van der Waals surface area contributed by atoms with Crippen LogP contribution < -0.4 is 0 Å². The van der Waals surface area contributed by atoms with Gasteiger partial charge in [-0.2, -0.15) is 0 Å². The average molecular weight is 322 g/mol. The summed E-state index contributed by atoms with van der Waals surface area (Å²) in [5, 5.41) is 0. The number of rotatable bonds is 3. The number of likely N-dealkylation sites (tertiary alicyclic amines) is 2. The van der Waals surface area contributed by atoms with Gasteiger partial charge >= 0.3 is 0 Å². The van der Waals surface area contributed by atoms with Crippen LogP contribution in [0.25, 0.3) is 0 Å². The normalized spacial score (nSPS) is 23.5. The summed E-state index contributed by atoms with van der Waals surface area (Å²) in [6, 6.07) is 8.39. The van der Waals surface area contributed by atoms with E-state index in [1.54, 1.807) is 6.20 Å². The maximum atomic E-state index is 12.7. The summed E-state index contributed by atoms with van der Waals surface area (Å²) in [6.45, 7) is 5.72. The Kier molecular flexibility index (Phi) is 4.02. The first-order valence-electron chi connectivity index (χ1n) is 8.55. The Balaban J connectivity index is 1.41. The molecule has 5 heteroatoms. The van der Waals surface area contributed by atoms with E-state index in [0.29, 0.717) is 11.7 Å². The van der Waals surface area contributed by atoms with Gasteiger partial charge in [0, 0.05) is 50.8 Å². The summed E-state index contributed by atoms with van der Waals surface area (Å²) in [5.41, 5.74) is 2.92. The van der Waals surface area contributed by atoms with Crippen LogP contribution in [-0.4, -0.2) is 51.4 Å². The second-order valence-electron chi connectivity index (χ2n) is 6.87. The summed E-state index contributed by atoms with van der Waals surface area (Å²) < 4.78 is 0. The Bertz CT molecular complexity index is 716. The lowest BCUT2D eigenvalue weighted by molar-refractivity contribution is -0.0428. The molecule has 0 saturated carbocycles. The highest BCUT2D eigenvalue weighted by Gasteiger charge is 2.43. The summed E-state index contributed by atoms with van der Waals surface area (Å²) >= 11 is 0. The lowest BCUT2D eigenvalue weighted by Crippen LogP contribution is -2.64. The van der Waals surface area contributed by atoms with E-state index in [1.165, 1.54) is 5.56 Å². The van der Waals surface area contributed by atoms with E-state index in [0.717, 1.165) is 44.1 Å². The third-order valence-electron chi connectivity index (χ3n) is 5.21. The number of fused-ring (bicyclic) bond motifs is 1. The quantitative estimate of drug-likeness (QED) is 0.869. The Morgan fingerprint density at radius 2 is 2.04 bits per heavy atom. The third kappa shape index (κ3) is 2.91. The first kappa shape index (κ1) is 15.3. The highest BCUT2D eigenvalue weighted by Crippen LogP contribution is 2.34. The minimum atomic E-state index is 0.0595. The molecule has 2 saturated heterocycles. The molecule has 0 N–H and O–H groups in total. The monoisotopic (exact) mass is 322 g/mol. The van der Waals surface area contributed by atoms with Crippen LogP contribution in [0.2, 0.25) is 0 Å². The molecule has 4 heterocycles. The first-order valence-corrected chi connectivity index (χ1v) is 8.55.